The summed E-state index contributed by atoms with van der Waals surface area (Å²) in [6.07, 6.45) is 3.74. The summed E-state index contributed by atoms with van der Waals surface area (Å²) in [4.78, 5) is 9.14. The number of imidazole rings is 1. The number of aromatic nitrogens is 3. The topological polar surface area (TPSA) is 56.2 Å². The third kappa shape index (κ3) is 1.69. The number of benzene rings is 1. The van der Waals surface area contributed by atoms with Gasteiger partial charge in [-0.1, -0.05) is 24.3 Å². The molecule has 21 heavy (non-hydrogen) atoms. The molecule has 0 aliphatic heterocycles. The average Bonchev–Trinajstić information content (AvgIpc) is 2.85. The van der Waals surface area contributed by atoms with Gasteiger partial charge in [-0.05, 0) is 30.7 Å². The first-order valence-electron chi connectivity index (χ1n) is 6.83. The summed E-state index contributed by atoms with van der Waals surface area (Å²) in [5, 5.41) is 1.06. The number of fused-ring (bicyclic) bond motifs is 2. The van der Waals surface area contributed by atoms with E-state index < -0.39 is 0 Å². The summed E-state index contributed by atoms with van der Waals surface area (Å²) in [6, 6.07) is 14.0. The van der Waals surface area contributed by atoms with Gasteiger partial charge in [0.25, 0.3) is 0 Å². The second kappa shape index (κ2) is 4.31. The molecule has 4 rings (SSSR count). The smallest absolute Gasteiger partial charge is 0.142 e. The summed E-state index contributed by atoms with van der Waals surface area (Å²) >= 11 is 0. The molecule has 3 heterocycles. The molecule has 4 nitrogen and oxygen atoms in total. The number of rotatable bonds is 1. The van der Waals surface area contributed by atoms with E-state index in [0.29, 0.717) is 5.82 Å². The van der Waals surface area contributed by atoms with Crippen molar-refractivity contribution in [1.29, 1.82) is 0 Å². The minimum absolute atomic E-state index is 0.657. The van der Waals surface area contributed by atoms with E-state index >= 15 is 0 Å². The number of hydrogen-bond donors (Lipinski definition) is 1. The Morgan fingerprint density at radius 3 is 2.76 bits per heavy atom. The van der Waals surface area contributed by atoms with E-state index in [2.05, 4.69) is 4.98 Å². The summed E-state index contributed by atoms with van der Waals surface area (Å²) in [5.41, 5.74) is 11.1. The number of nitrogen functional groups attached to an aromatic ring is 1. The van der Waals surface area contributed by atoms with Crippen LogP contribution in [0.5, 0.6) is 0 Å². The number of anilines is 1. The maximum Gasteiger partial charge on any atom is 0.142 e. The molecule has 102 valence electrons. The Balaban J connectivity index is 2.10. The van der Waals surface area contributed by atoms with Gasteiger partial charge in [0.05, 0.1) is 5.52 Å². The molecule has 0 atom stereocenters. The number of nitrogens with two attached hydrogens (primary N) is 1. The lowest BCUT2D eigenvalue weighted by atomic mass is 10.1. The third-order valence-electron chi connectivity index (χ3n) is 3.79. The van der Waals surface area contributed by atoms with E-state index in [1.807, 2.05) is 60.0 Å². The van der Waals surface area contributed by atoms with Gasteiger partial charge in [-0.15, -0.1) is 0 Å². The number of para-hydroxylation sites is 1. The summed E-state index contributed by atoms with van der Waals surface area (Å²) in [5.74, 6) is 0.657. The van der Waals surface area contributed by atoms with Crippen LogP contribution in [0.2, 0.25) is 0 Å². The zero-order valence-electron chi connectivity index (χ0n) is 11.6. The Kier molecular flexibility index (Phi) is 2.44. The fraction of sp³-hybridized carbons (Fsp3) is 0.0588. The molecule has 0 amide bonds. The molecule has 0 aliphatic carbocycles. The van der Waals surface area contributed by atoms with Gasteiger partial charge in [-0.2, -0.15) is 0 Å². The van der Waals surface area contributed by atoms with Crippen LogP contribution in [0.1, 0.15) is 5.56 Å². The summed E-state index contributed by atoms with van der Waals surface area (Å²) in [6.45, 7) is 2.04. The third-order valence-corrected chi connectivity index (χ3v) is 3.79. The van der Waals surface area contributed by atoms with Crippen molar-refractivity contribution in [3.05, 3.63) is 60.4 Å². The Hall–Kier alpha value is -2.88. The molecule has 0 spiro atoms. The maximum atomic E-state index is 6.31. The number of nitrogens with zero attached hydrogens (tertiary/aromatic N) is 3. The van der Waals surface area contributed by atoms with Crippen LogP contribution in [-0.2, 0) is 0 Å². The zero-order valence-corrected chi connectivity index (χ0v) is 11.6. The van der Waals surface area contributed by atoms with E-state index in [-0.39, 0.29) is 0 Å². The van der Waals surface area contributed by atoms with Gasteiger partial charge in [0.1, 0.15) is 17.2 Å². The first-order valence-corrected chi connectivity index (χ1v) is 6.83. The molecule has 3 aromatic heterocycles. The Morgan fingerprint density at radius 1 is 1.05 bits per heavy atom. The number of hydrogen-bond acceptors (Lipinski definition) is 3. The average molecular weight is 274 g/mol. The molecule has 0 fully saturated rings. The highest BCUT2D eigenvalue weighted by atomic mass is 15.1. The van der Waals surface area contributed by atoms with Gasteiger partial charge in [0, 0.05) is 23.3 Å². The highest BCUT2D eigenvalue weighted by Crippen LogP contribution is 2.32. The summed E-state index contributed by atoms with van der Waals surface area (Å²) < 4.78 is 1.93. The lowest BCUT2D eigenvalue weighted by molar-refractivity contribution is 1.17. The Bertz CT molecular complexity index is 964. The molecule has 0 aliphatic rings. The molecule has 0 radical (unpaired) electrons. The molecule has 0 saturated carbocycles. The van der Waals surface area contributed by atoms with Crippen molar-refractivity contribution < 1.29 is 0 Å². The first kappa shape index (κ1) is 11.9. The van der Waals surface area contributed by atoms with Crippen LogP contribution in [0.4, 0.5) is 5.82 Å². The fourth-order valence-electron chi connectivity index (χ4n) is 2.72. The van der Waals surface area contributed by atoms with Crippen molar-refractivity contribution in [2.24, 2.45) is 0 Å². The van der Waals surface area contributed by atoms with Gasteiger partial charge < -0.3 is 5.73 Å². The molecule has 0 saturated heterocycles. The lowest BCUT2D eigenvalue weighted by Gasteiger charge is -2.04. The SMILES string of the molecule is Cc1cccn2c(N)c(-c3ccnc4ccccc34)nc12. The first-order chi connectivity index (χ1) is 10.3. The van der Waals surface area contributed by atoms with Crippen molar-refractivity contribution in [2.45, 2.75) is 6.92 Å². The Morgan fingerprint density at radius 2 is 1.90 bits per heavy atom. The molecule has 1 aromatic carbocycles. The molecule has 0 unspecified atom stereocenters. The molecule has 0 bridgehead atoms. The summed E-state index contributed by atoms with van der Waals surface area (Å²) in [7, 11) is 0. The minimum Gasteiger partial charge on any atom is -0.383 e. The van der Waals surface area contributed by atoms with Crippen molar-refractivity contribution in [3.8, 4) is 11.3 Å². The normalized spacial score (nSPS) is 11.3. The molecular weight excluding hydrogens is 260 g/mol. The zero-order chi connectivity index (χ0) is 14.4. The van der Waals surface area contributed by atoms with Crippen LogP contribution >= 0.6 is 0 Å². The fourth-order valence-corrected chi connectivity index (χ4v) is 2.72. The Labute approximate surface area is 121 Å². The van der Waals surface area contributed by atoms with Gasteiger partial charge in [0.2, 0.25) is 0 Å². The lowest BCUT2D eigenvalue weighted by Crippen LogP contribution is -1.94. The molecule has 4 aromatic rings. The second-order valence-electron chi connectivity index (χ2n) is 5.11. The highest BCUT2D eigenvalue weighted by Gasteiger charge is 2.14. The van der Waals surface area contributed by atoms with E-state index in [1.54, 1.807) is 6.20 Å². The van der Waals surface area contributed by atoms with Gasteiger partial charge in [0.15, 0.2) is 0 Å². The van der Waals surface area contributed by atoms with E-state index in [4.69, 9.17) is 10.7 Å². The van der Waals surface area contributed by atoms with Crippen LogP contribution in [0, 0.1) is 6.92 Å². The quantitative estimate of drug-likeness (QED) is 0.578. The monoisotopic (exact) mass is 274 g/mol. The predicted molar refractivity (Wildman–Crippen MR) is 85.1 cm³/mol. The van der Waals surface area contributed by atoms with Crippen LogP contribution in [-0.4, -0.2) is 14.4 Å². The second-order valence-corrected chi connectivity index (χ2v) is 5.11. The van der Waals surface area contributed by atoms with Crippen molar-refractivity contribution in [1.82, 2.24) is 14.4 Å². The van der Waals surface area contributed by atoms with Crippen molar-refractivity contribution >= 4 is 22.4 Å². The van der Waals surface area contributed by atoms with Crippen LogP contribution in [0.25, 0.3) is 27.8 Å². The standard InChI is InChI=1S/C17H14N4/c1-11-5-4-10-21-16(18)15(20-17(11)21)13-8-9-19-14-7-3-2-6-12(13)14/h2-10H,18H2,1H3. The largest absolute Gasteiger partial charge is 0.383 e. The number of aryl methyl sites for hydroxylation is 1. The van der Waals surface area contributed by atoms with Crippen molar-refractivity contribution in [2.75, 3.05) is 5.73 Å². The van der Waals surface area contributed by atoms with Gasteiger partial charge in [-0.3, -0.25) is 9.38 Å². The van der Waals surface area contributed by atoms with E-state index in [9.17, 15) is 0 Å². The predicted octanol–water partition coefficient (Wildman–Crippen LogP) is 3.44. The molecule has 2 N–H and O–H groups in total. The van der Waals surface area contributed by atoms with E-state index in [0.717, 1.165) is 33.4 Å². The van der Waals surface area contributed by atoms with Crippen LogP contribution in [0.15, 0.2) is 54.9 Å². The molecular formula is C17H14N4. The molecule has 4 heteroatoms. The van der Waals surface area contributed by atoms with Crippen molar-refractivity contribution in [3.63, 3.8) is 0 Å². The van der Waals surface area contributed by atoms with Crippen LogP contribution < -0.4 is 5.73 Å². The van der Waals surface area contributed by atoms with E-state index in [1.165, 1.54) is 0 Å². The highest BCUT2D eigenvalue weighted by molar-refractivity contribution is 5.96. The van der Waals surface area contributed by atoms with Crippen LogP contribution in [0.3, 0.4) is 0 Å². The minimum atomic E-state index is 0.657. The van der Waals surface area contributed by atoms with Gasteiger partial charge in [-0.25, -0.2) is 4.98 Å². The maximum absolute atomic E-state index is 6.31. The number of pyridine rings is 2. The van der Waals surface area contributed by atoms with Gasteiger partial charge >= 0.3 is 0 Å².